The van der Waals surface area contributed by atoms with Crippen LogP contribution in [0.2, 0.25) is 0 Å². The zero-order valence-electron chi connectivity index (χ0n) is 9.97. The second-order valence-electron chi connectivity index (χ2n) is 3.84. The van der Waals surface area contributed by atoms with E-state index in [4.69, 9.17) is 0 Å². The lowest BCUT2D eigenvalue weighted by molar-refractivity contribution is 0.543. The molecule has 92 valence electrons. The molecule has 0 fully saturated rings. The third-order valence-corrected chi connectivity index (χ3v) is 3.87. The van der Waals surface area contributed by atoms with E-state index >= 15 is 0 Å². The minimum atomic E-state index is -3.40. The van der Waals surface area contributed by atoms with Crippen molar-refractivity contribution in [3.05, 3.63) is 12.4 Å². The second kappa shape index (κ2) is 5.45. The topological polar surface area (TPSA) is 64.0 Å². The van der Waals surface area contributed by atoms with Gasteiger partial charge in [0.25, 0.3) is 0 Å². The number of hydrogen-bond donors (Lipinski definition) is 1. The fraction of sp³-hybridized carbons (Fsp3) is 0.700. The minimum Gasteiger partial charge on any atom is -0.272 e. The average Bonchev–Trinajstić information content (AvgIpc) is 2.65. The zero-order chi connectivity index (χ0) is 12.2. The van der Waals surface area contributed by atoms with Gasteiger partial charge in [0.2, 0.25) is 10.0 Å². The van der Waals surface area contributed by atoms with Crippen LogP contribution in [0.25, 0.3) is 0 Å². The Labute approximate surface area is 96.9 Å². The molecule has 0 aliphatic heterocycles. The number of nitrogens with zero attached hydrogens (tertiary/aromatic N) is 2. The predicted octanol–water partition coefficient (Wildman–Crippen LogP) is 1.37. The number of aryl methyl sites for hydroxylation is 1. The summed E-state index contributed by atoms with van der Waals surface area (Å²) >= 11 is 0. The maximum atomic E-state index is 11.9. The minimum absolute atomic E-state index is 0.0417. The number of aromatic nitrogens is 2. The molecule has 5 nitrogen and oxygen atoms in total. The first-order valence-corrected chi connectivity index (χ1v) is 7.02. The summed E-state index contributed by atoms with van der Waals surface area (Å²) < 4.78 is 28.0. The van der Waals surface area contributed by atoms with E-state index in [-0.39, 0.29) is 10.9 Å². The Morgan fingerprint density at radius 2 is 2.19 bits per heavy atom. The highest BCUT2D eigenvalue weighted by Crippen LogP contribution is 2.09. The molecule has 0 aliphatic rings. The molecule has 6 heteroatoms. The van der Waals surface area contributed by atoms with Gasteiger partial charge in [-0.1, -0.05) is 13.3 Å². The van der Waals surface area contributed by atoms with Crippen molar-refractivity contribution < 1.29 is 8.42 Å². The summed E-state index contributed by atoms with van der Waals surface area (Å²) in [6.45, 7) is 6.47. The molecular weight excluding hydrogens is 226 g/mol. The molecule has 16 heavy (non-hydrogen) atoms. The molecule has 0 aromatic carbocycles. The van der Waals surface area contributed by atoms with Crippen molar-refractivity contribution in [2.45, 2.75) is 51.1 Å². The van der Waals surface area contributed by atoms with Crippen LogP contribution in [0.5, 0.6) is 0 Å². The van der Waals surface area contributed by atoms with Gasteiger partial charge in [-0.3, -0.25) is 4.68 Å². The lowest BCUT2D eigenvalue weighted by Gasteiger charge is -2.11. The summed E-state index contributed by atoms with van der Waals surface area (Å²) in [5, 5.41) is 3.95. The van der Waals surface area contributed by atoms with Gasteiger partial charge in [-0.05, 0) is 20.3 Å². The van der Waals surface area contributed by atoms with Gasteiger partial charge in [0.1, 0.15) is 4.90 Å². The van der Waals surface area contributed by atoms with Crippen molar-refractivity contribution in [1.29, 1.82) is 0 Å². The SMILES string of the molecule is CCCC(C)NS(=O)(=O)c1cnn(CC)c1. The van der Waals surface area contributed by atoms with Crippen LogP contribution in [-0.4, -0.2) is 24.2 Å². The van der Waals surface area contributed by atoms with E-state index in [1.807, 2.05) is 20.8 Å². The first-order valence-electron chi connectivity index (χ1n) is 5.54. The molecule has 1 aromatic heterocycles. The van der Waals surface area contributed by atoms with Gasteiger partial charge >= 0.3 is 0 Å². The van der Waals surface area contributed by atoms with Crippen LogP contribution >= 0.6 is 0 Å². The van der Waals surface area contributed by atoms with Crippen LogP contribution < -0.4 is 4.72 Å². The van der Waals surface area contributed by atoms with Crippen molar-refractivity contribution in [3.63, 3.8) is 0 Å². The Morgan fingerprint density at radius 3 is 2.69 bits per heavy atom. The molecule has 0 bridgehead atoms. The molecule has 0 radical (unpaired) electrons. The summed E-state index contributed by atoms with van der Waals surface area (Å²) in [5.41, 5.74) is 0. The second-order valence-corrected chi connectivity index (χ2v) is 5.56. The highest BCUT2D eigenvalue weighted by molar-refractivity contribution is 7.89. The van der Waals surface area contributed by atoms with Gasteiger partial charge in [0.15, 0.2) is 0 Å². The van der Waals surface area contributed by atoms with E-state index < -0.39 is 10.0 Å². The lowest BCUT2D eigenvalue weighted by Crippen LogP contribution is -2.32. The van der Waals surface area contributed by atoms with Gasteiger partial charge in [-0.15, -0.1) is 0 Å². The van der Waals surface area contributed by atoms with Crippen LogP contribution in [0, 0.1) is 0 Å². The monoisotopic (exact) mass is 245 g/mol. The average molecular weight is 245 g/mol. The van der Waals surface area contributed by atoms with Crippen LogP contribution in [0.3, 0.4) is 0 Å². The molecule has 1 aromatic rings. The Balaban J connectivity index is 2.77. The van der Waals surface area contributed by atoms with Crippen LogP contribution in [0.1, 0.15) is 33.6 Å². The van der Waals surface area contributed by atoms with E-state index in [1.165, 1.54) is 6.20 Å². The number of rotatable bonds is 6. The fourth-order valence-corrected chi connectivity index (χ4v) is 2.71. The fourth-order valence-electron chi connectivity index (χ4n) is 1.48. The standard InChI is InChI=1S/C10H19N3O2S/c1-4-6-9(3)12-16(14,15)10-7-11-13(5-2)8-10/h7-9,12H,4-6H2,1-3H3. The smallest absolute Gasteiger partial charge is 0.243 e. The van der Waals surface area contributed by atoms with Crippen molar-refractivity contribution in [2.24, 2.45) is 0 Å². The summed E-state index contributed by atoms with van der Waals surface area (Å²) in [7, 11) is -3.40. The largest absolute Gasteiger partial charge is 0.272 e. The van der Waals surface area contributed by atoms with Crippen LogP contribution in [-0.2, 0) is 16.6 Å². The molecule has 1 N–H and O–H groups in total. The first-order chi connectivity index (χ1) is 7.49. The maximum Gasteiger partial charge on any atom is 0.243 e. The normalized spacial score (nSPS) is 13.9. The van der Waals surface area contributed by atoms with Gasteiger partial charge in [-0.2, -0.15) is 5.10 Å². The summed E-state index contributed by atoms with van der Waals surface area (Å²) in [4.78, 5) is 0.234. The van der Waals surface area contributed by atoms with E-state index in [9.17, 15) is 8.42 Å². The van der Waals surface area contributed by atoms with E-state index in [1.54, 1.807) is 10.9 Å². The molecule has 0 saturated carbocycles. The third kappa shape index (κ3) is 3.31. The van der Waals surface area contributed by atoms with Crippen molar-refractivity contribution in [1.82, 2.24) is 14.5 Å². The van der Waals surface area contributed by atoms with Crippen LogP contribution in [0.4, 0.5) is 0 Å². The first kappa shape index (κ1) is 13.2. The Bertz CT molecular complexity index is 425. The molecule has 0 saturated heterocycles. The third-order valence-electron chi connectivity index (χ3n) is 2.32. The van der Waals surface area contributed by atoms with E-state index in [2.05, 4.69) is 9.82 Å². The predicted molar refractivity (Wildman–Crippen MR) is 62.6 cm³/mol. The van der Waals surface area contributed by atoms with Gasteiger partial charge in [-0.25, -0.2) is 13.1 Å². The van der Waals surface area contributed by atoms with Crippen LogP contribution in [0.15, 0.2) is 17.3 Å². The molecule has 1 heterocycles. The Morgan fingerprint density at radius 1 is 1.50 bits per heavy atom. The Hall–Kier alpha value is -0.880. The van der Waals surface area contributed by atoms with Gasteiger partial charge in [0.05, 0.1) is 6.20 Å². The van der Waals surface area contributed by atoms with Crippen molar-refractivity contribution in [2.75, 3.05) is 0 Å². The van der Waals surface area contributed by atoms with E-state index in [0.29, 0.717) is 6.54 Å². The van der Waals surface area contributed by atoms with Gasteiger partial charge in [0, 0.05) is 18.8 Å². The summed E-state index contributed by atoms with van der Waals surface area (Å²) in [5.74, 6) is 0. The molecule has 1 atom stereocenters. The van der Waals surface area contributed by atoms with Crippen molar-refractivity contribution in [3.8, 4) is 0 Å². The lowest BCUT2D eigenvalue weighted by atomic mass is 10.2. The maximum absolute atomic E-state index is 11.9. The van der Waals surface area contributed by atoms with Crippen molar-refractivity contribution >= 4 is 10.0 Å². The number of sulfonamides is 1. The highest BCUT2D eigenvalue weighted by Gasteiger charge is 2.18. The summed E-state index contributed by atoms with van der Waals surface area (Å²) in [6, 6.07) is -0.0417. The number of hydrogen-bond acceptors (Lipinski definition) is 3. The summed E-state index contributed by atoms with van der Waals surface area (Å²) in [6.07, 6.45) is 4.71. The zero-order valence-corrected chi connectivity index (χ0v) is 10.8. The molecule has 0 spiro atoms. The van der Waals surface area contributed by atoms with Gasteiger partial charge < -0.3 is 0 Å². The molecule has 1 rings (SSSR count). The molecule has 1 unspecified atom stereocenters. The molecule has 0 amide bonds. The van der Waals surface area contributed by atoms with E-state index in [0.717, 1.165) is 12.8 Å². The molecule has 0 aliphatic carbocycles. The quantitative estimate of drug-likeness (QED) is 0.823. The molecular formula is C10H19N3O2S. The Kier molecular flexibility index (Phi) is 4.49. The number of nitrogens with one attached hydrogen (secondary N) is 1. The highest BCUT2D eigenvalue weighted by atomic mass is 32.2.